The van der Waals surface area contributed by atoms with Gasteiger partial charge in [0, 0.05) is 30.0 Å². The van der Waals surface area contributed by atoms with E-state index < -0.39 is 10.0 Å². The van der Waals surface area contributed by atoms with Gasteiger partial charge in [-0.25, -0.2) is 8.42 Å². The molecule has 0 aliphatic carbocycles. The van der Waals surface area contributed by atoms with Gasteiger partial charge in [-0.05, 0) is 60.0 Å². The van der Waals surface area contributed by atoms with Gasteiger partial charge in [-0.15, -0.1) is 11.3 Å². The van der Waals surface area contributed by atoms with E-state index in [0.29, 0.717) is 48.1 Å². The molecule has 0 unspecified atom stereocenters. The summed E-state index contributed by atoms with van der Waals surface area (Å²) in [6, 6.07) is 16.1. The molecule has 0 bridgehead atoms. The lowest BCUT2D eigenvalue weighted by molar-refractivity contribution is 0.0730. The van der Waals surface area contributed by atoms with Gasteiger partial charge in [-0.3, -0.25) is 9.59 Å². The molecule has 1 saturated heterocycles. The summed E-state index contributed by atoms with van der Waals surface area (Å²) in [4.78, 5) is 25.4. The molecular weight excluding hydrogens is 450 g/mol. The molecule has 166 valence electrons. The van der Waals surface area contributed by atoms with Crippen LogP contribution in [0.15, 0.2) is 70.9 Å². The van der Waals surface area contributed by atoms with Crippen molar-refractivity contribution in [3.05, 3.63) is 76.5 Å². The second-order valence-corrected chi connectivity index (χ2v) is 9.89. The normalized spacial score (nSPS) is 14.6. The van der Waals surface area contributed by atoms with E-state index in [1.807, 2.05) is 11.4 Å². The van der Waals surface area contributed by atoms with Crippen LogP contribution in [-0.2, 0) is 14.8 Å². The third-order valence-corrected chi connectivity index (χ3v) is 7.65. The zero-order chi connectivity index (χ0) is 22.6. The number of carbonyl (C=O) groups is 2. The number of anilines is 2. The number of carbonyl (C=O) groups excluding carboxylic acids is 2. The Balaban J connectivity index is 1.38. The zero-order valence-corrected chi connectivity index (χ0v) is 18.6. The van der Waals surface area contributed by atoms with E-state index in [9.17, 15) is 18.0 Å². The topological polar surface area (TPSA) is 105 Å². The fourth-order valence-electron chi connectivity index (χ4n) is 3.15. The van der Waals surface area contributed by atoms with Crippen LogP contribution in [0.3, 0.4) is 0 Å². The van der Waals surface area contributed by atoms with E-state index >= 15 is 0 Å². The van der Waals surface area contributed by atoms with Gasteiger partial charge in [-0.2, -0.15) is 4.31 Å². The first-order chi connectivity index (χ1) is 15.4. The first kappa shape index (κ1) is 22.2. The Hall–Kier alpha value is -3.05. The van der Waals surface area contributed by atoms with Crippen molar-refractivity contribution in [3.8, 4) is 0 Å². The minimum atomic E-state index is -3.61. The predicted octanol–water partition coefficient (Wildman–Crippen LogP) is 3.27. The maximum Gasteiger partial charge on any atom is 0.265 e. The second kappa shape index (κ2) is 9.61. The second-order valence-electron chi connectivity index (χ2n) is 7.00. The number of thiophene rings is 1. The Labute approximate surface area is 189 Å². The van der Waals surface area contributed by atoms with Crippen molar-refractivity contribution in [2.45, 2.75) is 4.90 Å². The molecule has 2 N–H and O–H groups in total. The van der Waals surface area contributed by atoms with Gasteiger partial charge >= 0.3 is 0 Å². The summed E-state index contributed by atoms with van der Waals surface area (Å²) in [7, 11) is -3.61. The molecular formula is C22H21N3O5S2. The predicted molar refractivity (Wildman–Crippen MR) is 123 cm³/mol. The minimum Gasteiger partial charge on any atom is -0.379 e. The van der Waals surface area contributed by atoms with E-state index in [-0.39, 0.29) is 16.7 Å². The highest BCUT2D eigenvalue weighted by Gasteiger charge is 2.26. The van der Waals surface area contributed by atoms with Crippen molar-refractivity contribution >= 4 is 44.5 Å². The molecule has 10 heteroatoms. The summed E-state index contributed by atoms with van der Waals surface area (Å²) >= 11 is 1.35. The summed E-state index contributed by atoms with van der Waals surface area (Å²) in [5.74, 6) is -0.556. The molecule has 3 aromatic rings. The van der Waals surface area contributed by atoms with Crippen LogP contribution < -0.4 is 10.6 Å². The van der Waals surface area contributed by atoms with Crippen molar-refractivity contribution in [1.82, 2.24) is 4.31 Å². The van der Waals surface area contributed by atoms with Crippen LogP contribution in [0.5, 0.6) is 0 Å². The van der Waals surface area contributed by atoms with Crippen LogP contribution in [0.25, 0.3) is 0 Å². The number of benzene rings is 2. The maximum absolute atomic E-state index is 12.7. The number of amides is 2. The van der Waals surface area contributed by atoms with Gasteiger partial charge in [0.25, 0.3) is 11.8 Å². The fraction of sp³-hybridized carbons (Fsp3) is 0.182. The smallest absolute Gasteiger partial charge is 0.265 e. The van der Waals surface area contributed by atoms with Crippen LogP contribution in [0.1, 0.15) is 20.0 Å². The number of ether oxygens (including phenoxy) is 1. The molecule has 1 aliphatic rings. The number of sulfonamides is 1. The first-order valence-corrected chi connectivity index (χ1v) is 12.2. The molecule has 2 aromatic carbocycles. The van der Waals surface area contributed by atoms with Crippen molar-refractivity contribution in [3.63, 3.8) is 0 Å². The quantitative estimate of drug-likeness (QED) is 0.574. The number of morpholine rings is 1. The molecule has 1 fully saturated rings. The van der Waals surface area contributed by atoms with Gasteiger partial charge in [-0.1, -0.05) is 6.07 Å². The number of nitrogens with one attached hydrogen (secondary N) is 2. The fourth-order valence-corrected chi connectivity index (χ4v) is 5.18. The lowest BCUT2D eigenvalue weighted by Gasteiger charge is -2.26. The molecule has 0 spiro atoms. The number of rotatable bonds is 6. The molecule has 32 heavy (non-hydrogen) atoms. The molecule has 2 heterocycles. The van der Waals surface area contributed by atoms with E-state index in [2.05, 4.69) is 10.6 Å². The molecule has 8 nitrogen and oxygen atoms in total. The van der Waals surface area contributed by atoms with Crippen molar-refractivity contribution in [2.24, 2.45) is 0 Å². The summed E-state index contributed by atoms with van der Waals surface area (Å²) in [6.45, 7) is 1.37. The van der Waals surface area contributed by atoms with Crippen molar-refractivity contribution < 1.29 is 22.7 Å². The van der Waals surface area contributed by atoms with Gasteiger partial charge < -0.3 is 15.4 Å². The average molecular weight is 472 g/mol. The third kappa shape index (κ3) is 5.05. The van der Waals surface area contributed by atoms with E-state index in [1.54, 1.807) is 30.3 Å². The Morgan fingerprint density at radius 3 is 2.00 bits per heavy atom. The highest BCUT2D eigenvalue weighted by atomic mass is 32.2. The molecule has 2 amide bonds. The van der Waals surface area contributed by atoms with Gasteiger partial charge in [0.15, 0.2) is 0 Å². The van der Waals surface area contributed by atoms with Crippen LogP contribution in [0.2, 0.25) is 0 Å². The molecule has 0 saturated carbocycles. The van der Waals surface area contributed by atoms with Crippen LogP contribution in [0.4, 0.5) is 11.4 Å². The van der Waals surface area contributed by atoms with Crippen LogP contribution >= 0.6 is 11.3 Å². The molecule has 1 aliphatic heterocycles. The first-order valence-electron chi connectivity index (χ1n) is 9.88. The Morgan fingerprint density at radius 2 is 1.44 bits per heavy atom. The molecule has 4 rings (SSSR count). The summed E-state index contributed by atoms with van der Waals surface area (Å²) in [6.07, 6.45) is 0. The zero-order valence-electron chi connectivity index (χ0n) is 17.0. The Bertz CT molecular complexity index is 1190. The highest BCUT2D eigenvalue weighted by molar-refractivity contribution is 7.89. The van der Waals surface area contributed by atoms with Gasteiger partial charge in [0.1, 0.15) is 0 Å². The minimum absolute atomic E-state index is 0.141. The Kier molecular flexibility index (Phi) is 6.66. The number of hydrogen-bond acceptors (Lipinski definition) is 6. The summed E-state index contributed by atoms with van der Waals surface area (Å²) in [5, 5.41) is 7.39. The van der Waals surface area contributed by atoms with Crippen molar-refractivity contribution in [2.75, 3.05) is 36.9 Å². The van der Waals surface area contributed by atoms with Crippen molar-refractivity contribution in [1.29, 1.82) is 0 Å². The van der Waals surface area contributed by atoms with E-state index in [0.717, 1.165) is 0 Å². The lowest BCUT2D eigenvalue weighted by atomic mass is 10.2. The van der Waals surface area contributed by atoms with Crippen LogP contribution in [0, 0.1) is 0 Å². The Morgan fingerprint density at radius 1 is 0.844 bits per heavy atom. The molecule has 1 aromatic heterocycles. The molecule has 0 radical (unpaired) electrons. The highest BCUT2D eigenvalue weighted by Crippen LogP contribution is 2.20. The van der Waals surface area contributed by atoms with E-state index in [1.165, 1.54) is 39.9 Å². The summed E-state index contributed by atoms with van der Waals surface area (Å²) in [5.41, 5.74) is 1.49. The molecule has 0 atom stereocenters. The number of hydrogen-bond donors (Lipinski definition) is 2. The SMILES string of the molecule is O=C(Nc1ccc(NC(=O)c2cccs2)cc1)c1ccc(S(=O)(=O)N2CCOCC2)cc1. The lowest BCUT2D eigenvalue weighted by Crippen LogP contribution is -2.40. The third-order valence-electron chi connectivity index (χ3n) is 4.87. The summed E-state index contributed by atoms with van der Waals surface area (Å²) < 4.78 is 31.9. The number of nitrogens with zero attached hydrogens (tertiary/aromatic N) is 1. The van der Waals surface area contributed by atoms with Gasteiger partial charge in [0.2, 0.25) is 10.0 Å². The van der Waals surface area contributed by atoms with Gasteiger partial charge in [0.05, 0.1) is 23.0 Å². The maximum atomic E-state index is 12.7. The standard InChI is InChI=1S/C22H21N3O5S2/c26-21(16-3-9-19(10-4-16)32(28,29)25-11-13-30-14-12-25)23-17-5-7-18(8-6-17)24-22(27)20-2-1-15-31-20/h1-10,15H,11-14H2,(H,23,26)(H,24,27). The van der Waals surface area contributed by atoms with E-state index in [4.69, 9.17) is 4.74 Å². The monoisotopic (exact) mass is 471 g/mol. The largest absolute Gasteiger partial charge is 0.379 e. The van der Waals surface area contributed by atoms with Crippen LogP contribution in [-0.4, -0.2) is 50.8 Å². The average Bonchev–Trinajstić information content (AvgIpc) is 3.36.